The summed E-state index contributed by atoms with van der Waals surface area (Å²) in [6.45, 7) is 0. The van der Waals surface area contributed by atoms with Crippen LogP contribution in [0.3, 0.4) is 0 Å². The molecule has 0 heterocycles. The van der Waals surface area contributed by atoms with Gasteiger partial charge in [0, 0.05) is 52.4 Å². The molecule has 0 amide bonds. The first-order valence-corrected chi connectivity index (χ1v) is 0.561. The molecule has 0 spiro atoms. The molecule has 0 aliphatic carbocycles. The predicted molar refractivity (Wildman–Crippen MR) is 10.1 cm³/mol. The molecule has 0 unspecified atom stereocenters. The molecule has 0 rings (SSSR count). The van der Waals surface area contributed by atoms with E-state index in [0.717, 1.165) is 0 Å². The Kier molecular flexibility index (Phi) is 506. The summed E-state index contributed by atoms with van der Waals surface area (Å²) in [5.41, 5.74) is 0. The van der Waals surface area contributed by atoms with Crippen LogP contribution >= 0.6 is 0 Å². The summed E-state index contributed by atoms with van der Waals surface area (Å²) in [5.74, 6) is 0. The average Bonchev–Trinajstić information content (AvgIpc) is 1.00. The van der Waals surface area contributed by atoms with E-state index in [9.17, 15) is 0 Å². The standard InChI is InChI=1S/Co.Li.Mn.Ni.H2O.O/h;;;;1H2;. The molecule has 0 fully saturated rings. The maximum atomic E-state index is 7.94. The van der Waals surface area contributed by atoms with E-state index in [1.807, 2.05) is 0 Å². The fraction of sp³-hybridized carbons (Fsp3) is 0. The van der Waals surface area contributed by atoms with Crippen LogP contribution in [0, 0.1) is 0 Å². The van der Waals surface area contributed by atoms with Gasteiger partial charge in [0.25, 0.3) is 0 Å². The van der Waals surface area contributed by atoms with Gasteiger partial charge in [-0.15, -0.1) is 0 Å². The Morgan fingerprint density at radius 2 is 1.17 bits per heavy atom. The van der Waals surface area contributed by atoms with Gasteiger partial charge >= 0.3 is 19.5 Å². The van der Waals surface area contributed by atoms with E-state index in [-0.39, 0.29) is 57.9 Å². The van der Waals surface area contributed by atoms with Crippen molar-refractivity contribution in [3.63, 3.8) is 0 Å². The first kappa shape index (κ1) is 45.0. The molecule has 0 saturated heterocycles. The van der Waals surface area contributed by atoms with Crippen molar-refractivity contribution in [2.45, 2.75) is 0 Å². The Hall–Kier alpha value is 1.88. The molecular formula is H2CoLiMnNiO2. The van der Waals surface area contributed by atoms with Crippen molar-refractivity contribution in [2.75, 3.05) is 0 Å². The molecule has 0 aliphatic rings. The molecule has 0 aliphatic heterocycles. The van der Waals surface area contributed by atoms with Crippen LogP contribution in [0.1, 0.15) is 0 Å². The molecule has 0 saturated carbocycles. The van der Waals surface area contributed by atoms with Gasteiger partial charge in [0.15, 0.2) is 0 Å². The van der Waals surface area contributed by atoms with Crippen molar-refractivity contribution in [3.05, 3.63) is 0 Å². The zero-order valence-corrected chi connectivity index (χ0v) is 6.14. The summed E-state index contributed by atoms with van der Waals surface area (Å²) in [7, 11) is 0. The zero-order valence-electron chi connectivity index (χ0n) is 2.94. The molecule has 0 atom stereocenters. The van der Waals surface area contributed by atoms with Crippen LogP contribution in [-0.2, 0) is 53.1 Å². The predicted octanol–water partition coefficient (Wildman–Crippen LogP) is -1.33. The summed E-state index contributed by atoms with van der Waals surface area (Å²) < 4.78 is 7.94. The second-order valence-electron chi connectivity index (χ2n) is 0. The first-order chi connectivity index (χ1) is 1.00. The molecule has 6 heteroatoms. The van der Waals surface area contributed by atoms with E-state index in [1.54, 1.807) is 0 Å². The Balaban J connectivity index is -0.000000000833. The third kappa shape index (κ3) is 39.7. The van der Waals surface area contributed by atoms with Crippen molar-refractivity contribution in [2.24, 2.45) is 0 Å². The summed E-state index contributed by atoms with van der Waals surface area (Å²) in [6, 6.07) is 0. The van der Waals surface area contributed by atoms with Crippen LogP contribution in [0.15, 0.2) is 0 Å². The molecule has 0 bridgehead atoms. The molecule has 41 valence electrons. The van der Waals surface area contributed by atoms with Crippen molar-refractivity contribution in [1.29, 1.82) is 0 Å². The van der Waals surface area contributed by atoms with Crippen LogP contribution in [0.5, 0.6) is 0 Å². The zero-order chi connectivity index (χ0) is 2.00. The Labute approximate surface area is 76.9 Å². The van der Waals surface area contributed by atoms with E-state index >= 15 is 0 Å². The van der Waals surface area contributed by atoms with Gasteiger partial charge in [0.2, 0.25) is 0 Å². The van der Waals surface area contributed by atoms with Crippen LogP contribution in [0.2, 0.25) is 0 Å². The van der Waals surface area contributed by atoms with Gasteiger partial charge in [-0.3, -0.25) is 0 Å². The van der Waals surface area contributed by atoms with Gasteiger partial charge in [-0.2, -0.15) is 0 Å². The van der Waals surface area contributed by atoms with Gasteiger partial charge in [0.05, 0.1) is 0 Å². The molecule has 2 radical (unpaired) electrons. The Bertz CT molecular complexity index is 13.5. The number of hydrogen-bond acceptors (Lipinski definition) is 1. The van der Waals surface area contributed by atoms with Crippen LogP contribution in [-0.4, -0.2) is 24.3 Å². The SMILES string of the molecule is O.[Li].[Mn].[Ni].[O]=[Co]. The Morgan fingerprint density at radius 3 is 1.17 bits per heavy atom. The molecule has 0 aromatic heterocycles. The van der Waals surface area contributed by atoms with E-state index < -0.39 is 0 Å². The average molecular weight is 214 g/mol. The van der Waals surface area contributed by atoms with Crippen LogP contribution in [0.4, 0.5) is 0 Å². The molecule has 6 heavy (non-hydrogen) atoms. The number of rotatable bonds is 0. The van der Waals surface area contributed by atoms with Gasteiger partial charge in [-0.25, -0.2) is 0 Å². The summed E-state index contributed by atoms with van der Waals surface area (Å²) in [4.78, 5) is 0. The number of hydrogen-bond donors (Lipinski definition) is 0. The third-order valence-electron chi connectivity index (χ3n) is 0. The topological polar surface area (TPSA) is 48.6 Å². The molecule has 0 aromatic rings. The minimum atomic E-state index is 0. The van der Waals surface area contributed by atoms with Gasteiger partial charge in [0.1, 0.15) is 0 Å². The quantitative estimate of drug-likeness (QED) is 0.460. The van der Waals surface area contributed by atoms with E-state index in [2.05, 4.69) is 15.7 Å². The molecular weight excluding hydrogens is 212 g/mol. The van der Waals surface area contributed by atoms with Gasteiger partial charge in [-0.05, 0) is 0 Å². The van der Waals surface area contributed by atoms with Crippen molar-refractivity contribution in [3.8, 4) is 0 Å². The van der Waals surface area contributed by atoms with Crippen molar-refractivity contribution >= 4 is 18.9 Å². The first-order valence-electron chi connectivity index (χ1n) is 0.136. The molecule has 0 aromatic carbocycles. The minimum absolute atomic E-state index is 0. The molecule has 2 N–H and O–H groups in total. The third-order valence-corrected chi connectivity index (χ3v) is 0. The monoisotopic (exact) mass is 213 g/mol. The van der Waals surface area contributed by atoms with E-state index in [0.29, 0.717) is 0 Å². The normalized spacial score (nSPS) is 0.833. The van der Waals surface area contributed by atoms with Crippen molar-refractivity contribution in [1.82, 2.24) is 0 Å². The van der Waals surface area contributed by atoms with Crippen LogP contribution < -0.4 is 0 Å². The van der Waals surface area contributed by atoms with Gasteiger partial charge in [-0.1, -0.05) is 0 Å². The second kappa shape index (κ2) is 67.4. The van der Waals surface area contributed by atoms with Gasteiger partial charge < -0.3 is 5.48 Å². The van der Waals surface area contributed by atoms with E-state index in [1.165, 1.54) is 0 Å². The fourth-order valence-electron chi connectivity index (χ4n) is 0. The summed E-state index contributed by atoms with van der Waals surface area (Å²) >= 11 is 2.31. The summed E-state index contributed by atoms with van der Waals surface area (Å²) in [6.07, 6.45) is 0. The fourth-order valence-corrected chi connectivity index (χ4v) is 0. The van der Waals surface area contributed by atoms with E-state index in [4.69, 9.17) is 3.87 Å². The summed E-state index contributed by atoms with van der Waals surface area (Å²) in [5, 5.41) is 0. The molecule has 2 nitrogen and oxygen atoms in total. The van der Waals surface area contributed by atoms with Crippen LogP contribution in [0.25, 0.3) is 0 Å². The second-order valence-corrected chi connectivity index (χ2v) is 0. The maximum absolute atomic E-state index is 7.94. The Morgan fingerprint density at radius 1 is 1.17 bits per heavy atom. The van der Waals surface area contributed by atoms with Crippen molar-refractivity contribution < 1.29 is 58.6 Å².